The fourth-order valence-corrected chi connectivity index (χ4v) is 4.29. The summed E-state index contributed by atoms with van der Waals surface area (Å²) in [4.78, 5) is 4.14. The molecule has 98 valence electrons. The second kappa shape index (κ2) is 3.69. The molecule has 0 saturated heterocycles. The molecule has 2 fully saturated rings. The van der Waals surface area contributed by atoms with E-state index in [0.29, 0.717) is 11.9 Å². The normalized spacial score (nSPS) is 36.9. The summed E-state index contributed by atoms with van der Waals surface area (Å²) in [5.41, 5.74) is 0.509. The Morgan fingerprint density at radius 3 is 2.78 bits per heavy atom. The third kappa shape index (κ3) is 1.56. The summed E-state index contributed by atoms with van der Waals surface area (Å²) in [5, 5.41) is 3.39. The van der Waals surface area contributed by atoms with Crippen LogP contribution in [0.25, 0.3) is 0 Å². The zero-order valence-corrected chi connectivity index (χ0v) is 11.3. The average Bonchev–Trinajstić information content (AvgIpc) is 2.78. The van der Waals surface area contributed by atoms with Crippen LogP contribution in [0.5, 0.6) is 0 Å². The minimum Gasteiger partial charge on any atom is -0.364 e. The van der Waals surface area contributed by atoms with Crippen molar-refractivity contribution in [3.8, 4) is 0 Å². The highest BCUT2D eigenvalue weighted by atomic mass is 19.1. The van der Waals surface area contributed by atoms with Crippen molar-refractivity contribution in [1.29, 1.82) is 0 Å². The van der Waals surface area contributed by atoms with Crippen LogP contribution >= 0.6 is 0 Å². The SMILES string of the molecule is CC12CCC(C1)C(C)(C)C2Nc1ncccc1F. The van der Waals surface area contributed by atoms with Gasteiger partial charge in [-0.1, -0.05) is 20.8 Å². The highest BCUT2D eigenvalue weighted by Gasteiger charge is 2.59. The summed E-state index contributed by atoms with van der Waals surface area (Å²) >= 11 is 0. The lowest BCUT2D eigenvalue weighted by Gasteiger charge is -2.43. The third-order valence-electron chi connectivity index (χ3n) is 5.31. The van der Waals surface area contributed by atoms with Gasteiger partial charge in [0.25, 0.3) is 0 Å². The van der Waals surface area contributed by atoms with Crippen LogP contribution in [0.4, 0.5) is 10.2 Å². The van der Waals surface area contributed by atoms with Crippen molar-refractivity contribution < 1.29 is 4.39 Å². The van der Waals surface area contributed by atoms with Gasteiger partial charge in [-0.15, -0.1) is 0 Å². The third-order valence-corrected chi connectivity index (χ3v) is 5.31. The quantitative estimate of drug-likeness (QED) is 0.860. The van der Waals surface area contributed by atoms with Gasteiger partial charge in [0.2, 0.25) is 0 Å². The van der Waals surface area contributed by atoms with E-state index in [1.165, 1.54) is 25.3 Å². The van der Waals surface area contributed by atoms with Gasteiger partial charge in [-0.3, -0.25) is 0 Å². The van der Waals surface area contributed by atoms with Crippen molar-refractivity contribution in [2.75, 3.05) is 5.32 Å². The molecule has 2 saturated carbocycles. The number of nitrogens with zero attached hydrogens (tertiary/aromatic N) is 1. The van der Waals surface area contributed by atoms with Gasteiger partial charge in [-0.2, -0.15) is 0 Å². The van der Waals surface area contributed by atoms with Crippen molar-refractivity contribution in [1.82, 2.24) is 4.98 Å². The second-order valence-electron chi connectivity index (χ2n) is 6.83. The molecule has 1 aromatic heterocycles. The van der Waals surface area contributed by atoms with Crippen molar-refractivity contribution in [3.05, 3.63) is 24.1 Å². The first-order chi connectivity index (χ1) is 8.43. The summed E-state index contributed by atoms with van der Waals surface area (Å²) in [7, 11) is 0. The average molecular weight is 248 g/mol. The lowest BCUT2D eigenvalue weighted by atomic mass is 9.68. The molecule has 3 heteroatoms. The number of hydrogen-bond acceptors (Lipinski definition) is 2. The van der Waals surface area contributed by atoms with Crippen LogP contribution in [0, 0.1) is 22.6 Å². The molecule has 0 radical (unpaired) electrons. The van der Waals surface area contributed by atoms with E-state index >= 15 is 0 Å². The zero-order valence-electron chi connectivity index (χ0n) is 11.3. The van der Waals surface area contributed by atoms with Crippen LogP contribution in [-0.2, 0) is 0 Å². The number of hydrogen-bond donors (Lipinski definition) is 1. The smallest absolute Gasteiger partial charge is 0.165 e. The van der Waals surface area contributed by atoms with Crippen LogP contribution in [0.2, 0.25) is 0 Å². The first-order valence-corrected chi connectivity index (χ1v) is 6.80. The maximum absolute atomic E-state index is 13.7. The Bertz CT molecular complexity index is 467. The largest absolute Gasteiger partial charge is 0.364 e. The van der Waals surface area contributed by atoms with Crippen molar-refractivity contribution >= 4 is 5.82 Å². The standard InChI is InChI=1S/C15H21FN2/c1-14(2)10-6-7-15(3,9-10)13(14)18-12-11(16)5-4-8-17-12/h4-5,8,10,13H,6-7,9H2,1-3H3,(H,17,18). The van der Waals surface area contributed by atoms with Gasteiger partial charge >= 0.3 is 0 Å². The van der Waals surface area contributed by atoms with Gasteiger partial charge in [0.05, 0.1) is 0 Å². The Morgan fingerprint density at radius 1 is 1.39 bits per heavy atom. The first kappa shape index (κ1) is 11.9. The Hall–Kier alpha value is -1.12. The van der Waals surface area contributed by atoms with E-state index in [1.807, 2.05) is 0 Å². The molecule has 0 amide bonds. The van der Waals surface area contributed by atoms with Gasteiger partial charge in [-0.25, -0.2) is 9.37 Å². The first-order valence-electron chi connectivity index (χ1n) is 6.80. The molecule has 3 unspecified atom stereocenters. The van der Waals surface area contributed by atoms with E-state index in [-0.39, 0.29) is 16.6 Å². The Morgan fingerprint density at radius 2 is 2.17 bits per heavy atom. The molecule has 1 N–H and O–H groups in total. The van der Waals surface area contributed by atoms with E-state index in [0.717, 1.165) is 5.92 Å². The van der Waals surface area contributed by atoms with Gasteiger partial charge in [0.15, 0.2) is 11.6 Å². The molecule has 2 aliphatic rings. The molecule has 2 aliphatic carbocycles. The van der Waals surface area contributed by atoms with Crippen molar-refractivity contribution in [2.45, 2.75) is 46.1 Å². The molecule has 3 rings (SSSR count). The summed E-state index contributed by atoms with van der Waals surface area (Å²) < 4.78 is 13.7. The lowest BCUT2D eigenvalue weighted by molar-refractivity contribution is 0.155. The predicted molar refractivity (Wildman–Crippen MR) is 70.8 cm³/mol. The minimum absolute atomic E-state index is 0.219. The highest BCUT2D eigenvalue weighted by molar-refractivity contribution is 5.39. The van der Waals surface area contributed by atoms with Crippen molar-refractivity contribution in [2.24, 2.45) is 16.7 Å². The number of rotatable bonds is 2. The molecular formula is C15H21FN2. The monoisotopic (exact) mass is 248 g/mol. The fraction of sp³-hybridized carbons (Fsp3) is 0.667. The number of aromatic nitrogens is 1. The van der Waals surface area contributed by atoms with E-state index < -0.39 is 0 Å². The summed E-state index contributed by atoms with van der Waals surface area (Å²) in [6.45, 7) is 6.95. The molecular weight excluding hydrogens is 227 g/mol. The van der Waals surface area contributed by atoms with Crippen LogP contribution < -0.4 is 5.32 Å². The summed E-state index contributed by atoms with van der Waals surface area (Å²) in [5.74, 6) is 0.913. The predicted octanol–water partition coefficient (Wildman–Crippen LogP) is 3.85. The zero-order chi connectivity index (χ0) is 13.0. The Kier molecular flexibility index (Phi) is 2.45. The Labute approximate surface area is 108 Å². The number of pyridine rings is 1. The maximum atomic E-state index is 13.7. The topological polar surface area (TPSA) is 24.9 Å². The van der Waals surface area contributed by atoms with E-state index in [4.69, 9.17) is 0 Å². The highest BCUT2D eigenvalue weighted by Crippen LogP contribution is 2.63. The summed E-state index contributed by atoms with van der Waals surface area (Å²) in [6.07, 6.45) is 5.46. The molecule has 3 atom stereocenters. The number of nitrogens with one attached hydrogen (secondary N) is 1. The number of halogens is 1. The minimum atomic E-state index is -0.250. The molecule has 0 spiro atoms. The number of anilines is 1. The van der Waals surface area contributed by atoms with Crippen LogP contribution in [0.15, 0.2) is 18.3 Å². The van der Waals surface area contributed by atoms with E-state index in [1.54, 1.807) is 12.3 Å². The molecule has 0 aromatic carbocycles. The van der Waals surface area contributed by atoms with Gasteiger partial charge in [0, 0.05) is 12.2 Å². The van der Waals surface area contributed by atoms with Gasteiger partial charge in [0.1, 0.15) is 0 Å². The van der Waals surface area contributed by atoms with Crippen LogP contribution in [-0.4, -0.2) is 11.0 Å². The van der Waals surface area contributed by atoms with Crippen LogP contribution in [0.3, 0.4) is 0 Å². The Balaban J connectivity index is 1.91. The van der Waals surface area contributed by atoms with Crippen molar-refractivity contribution in [3.63, 3.8) is 0 Å². The number of fused-ring (bicyclic) bond motifs is 2. The van der Waals surface area contributed by atoms with E-state index in [2.05, 4.69) is 31.1 Å². The molecule has 18 heavy (non-hydrogen) atoms. The lowest BCUT2D eigenvalue weighted by Crippen LogP contribution is -2.46. The van der Waals surface area contributed by atoms with Crippen LogP contribution in [0.1, 0.15) is 40.0 Å². The molecule has 1 aromatic rings. The molecule has 1 heterocycles. The second-order valence-corrected chi connectivity index (χ2v) is 6.83. The van der Waals surface area contributed by atoms with Gasteiger partial charge < -0.3 is 5.32 Å². The summed E-state index contributed by atoms with van der Waals surface area (Å²) in [6, 6.07) is 3.42. The molecule has 2 nitrogen and oxygen atoms in total. The van der Waals surface area contributed by atoms with Gasteiger partial charge in [-0.05, 0) is 48.1 Å². The maximum Gasteiger partial charge on any atom is 0.165 e. The molecule has 2 bridgehead atoms. The molecule has 0 aliphatic heterocycles. The fourth-order valence-electron chi connectivity index (χ4n) is 4.29. The van der Waals surface area contributed by atoms with E-state index in [9.17, 15) is 4.39 Å².